The Bertz CT molecular complexity index is 990. The van der Waals surface area contributed by atoms with Crippen molar-refractivity contribution in [3.63, 3.8) is 0 Å². The second kappa shape index (κ2) is 20.3. The molecule has 0 spiro atoms. The average Bonchev–Trinajstić information content (AvgIpc) is 3.42. The first-order valence-electron chi connectivity index (χ1n) is 14.7. The van der Waals surface area contributed by atoms with Crippen molar-refractivity contribution in [3.05, 3.63) is 108 Å². The molecule has 0 bridgehead atoms. The molecule has 2 aromatic carbocycles. The van der Waals surface area contributed by atoms with Crippen LogP contribution in [0.5, 0.6) is 0 Å². The molecule has 0 N–H and O–H groups in total. The minimum atomic E-state index is -1.19. The van der Waals surface area contributed by atoms with Crippen LogP contribution in [0.25, 0.3) is 12.2 Å². The van der Waals surface area contributed by atoms with Gasteiger partial charge in [0.15, 0.2) is 0 Å². The summed E-state index contributed by atoms with van der Waals surface area (Å²) in [6, 6.07) is 20.6. The van der Waals surface area contributed by atoms with Gasteiger partial charge in [0.2, 0.25) is 0 Å². The summed E-state index contributed by atoms with van der Waals surface area (Å²) in [6.45, 7) is 14.1. The molecule has 0 saturated heterocycles. The summed E-state index contributed by atoms with van der Waals surface area (Å²) in [5.41, 5.74) is 3.80. The zero-order chi connectivity index (χ0) is 27.6. The van der Waals surface area contributed by atoms with Crippen LogP contribution < -0.4 is 0 Å². The van der Waals surface area contributed by atoms with E-state index < -0.39 is 7.05 Å². The maximum absolute atomic E-state index is 5.43. The number of allylic oxidation sites excluding steroid dienone is 5. The largest absolute Gasteiger partial charge is 0.272 e. The second-order valence-corrected chi connectivity index (χ2v) is 15.5. The Morgan fingerprint density at radius 3 is 1.41 bits per heavy atom. The third kappa shape index (κ3) is 16.3. The van der Waals surface area contributed by atoms with Crippen LogP contribution in [-0.2, 0) is 21.7 Å². The van der Waals surface area contributed by atoms with E-state index in [2.05, 4.69) is 108 Å². The van der Waals surface area contributed by atoms with E-state index in [4.69, 9.17) is 4.74 Å². The molecule has 1 nitrogen and oxygen atoms in total. The first-order valence-corrected chi connectivity index (χ1v) is 17.0. The molecule has 39 heavy (non-hydrogen) atoms. The van der Waals surface area contributed by atoms with Gasteiger partial charge in [-0.1, -0.05) is 139 Å². The van der Waals surface area contributed by atoms with Gasteiger partial charge in [0.25, 0.3) is 0 Å². The number of rotatable bonds is 13. The summed E-state index contributed by atoms with van der Waals surface area (Å²) in [4.78, 5) is 0. The van der Waals surface area contributed by atoms with Crippen LogP contribution in [0.1, 0.15) is 78.4 Å². The Labute approximate surface area is 255 Å². The Morgan fingerprint density at radius 1 is 0.667 bits per heavy atom. The van der Waals surface area contributed by atoms with Crippen molar-refractivity contribution < 1.29 is 21.7 Å². The van der Waals surface area contributed by atoms with E-state index in [0.29, 0.717) is 0 Å². The summed E-state index contributed by atoms with van der Waals surface area (Å²) < 4.78 is 5.43. The van der Waals surface area contributed by atoms with Crippen molar-refractivity contribution in [2.75, 3.05) is 18.5 Å². The summed E-state index contributed by atoms with van der Waals surface area (Å²) in [7, 11) is -1.19. The van der Waals surface area contributed by atoms with Crippen LogP contribution in [0.15, 0.2) is 101 Å². The number of nitrogens with zero attached hydrogens (tertiary/aromatic N) is 1. The van der Waals surface area contributed by atoms with Gasteiger partial charge in [-0.15, -0.1) is 0 Å². The van der Waals surface area contributed by atoms with Crippen LogP contribution in [0.4, 0.5) is 0 Å². The van der Waals surface area contributed by atoms with Crippen molar-refractivity contribution in [2.24, 2.45) is 22.5 Å². The molecule has 0 saturated carbocycles. The number of hydrogen-bond acceptors (Lipinski definition) is 1. The van der Waals surface area contributed by atoms with Crippen molar-refractivity contribution in [3.8, 4) is 0 Å². The third-order valence-corrected chi connectivity index (χ3v) is 10.7. The summed E-state index contributed by atoms with van der Waals surface area (Å²) in [5, 5.41) is 0. The molecule has 0 radical (unpaired) electrons. The van der Waals surface area contributed by atoms with Crippen molar-refractivity contribution in [2.45, 2.75) is 67.2 Å². The molecule has 3 heteroatoms. The monoisotopic (exact) mass is 577 g/mol. The molecule has 3 rings (SSSR count). The first kappa shape index (κ1) is 35.4. The zero-order valence-electron chi connectivity index (χ0n) is 25.4. The Hall–Kier alpha value is -1.66. The molecular formula is C36H52NPTi. The minimum absolute atomic E-state index is 0. The van der Waals surface area contributed by atoms with E-state index >= 15 is 0 Å². The van der Waals surface area contributed by atoms with Crippen molar-refractivity contribution >= 4 is 19.2 Å². The fourth-order valence-electron chi connectivity index (χ4n) is 4.23. The molecule has 1 aliphatic carbocycles. The van der Waals surface area contributed by atoms with E-state index in [-0.39, 0.29) is 21.7 Å². The van der Waals surface area contributed by atoms with Crippen LogP contribution in [0.3, 0.4) is 0 Å². The maximum atomic E-state index is 5.43. The Morgan fingerprint density at radius 2 is 1.08 bits per heavy atom. The standard InChI is InChI=1S/C20H38NP.C16H14.Ti/c1-17(2)11-14-22(15-12-18(3)4,16-13-19(5)6)21-20-9-7-8-10-20;1-3-9-15(10-4-1)13-7-8-14-16-11-5-2-6-12-16;/h7-9,17-19H,10-16H2,1-6H3;1-14H;. The molecule has 0 heterocycles. The molecule has 210 valence electrons. The summed E-state index contributed by atoms with van der Waals surface area (Å²) in [5.74, 6) is 2.38. The van der Waals surface area contributed by atoms with E-state index in [1.807, 2.05) is 36.4 Å². The van der Waals surface area contributed by atoms with Crippen LogP contribution >= 0.6 is 7.05 Å². The average molecular weight is 578 g/mol. The topological polar surface area (TPSA) is 12.4 Å². The predicted molar refractivity (Wildman–Crippen MR) is 175 cm³/mol. The number of hydrogen-bond donors (Lipinski definition) is 0. The SMILES string of the molecule is C(C=Cc1ccccc1)=Cc1ccccc1.CC(C)CCP(CCC(C)C)(CCC(C)C)=NC1=CC=CC1.[Ti]. The van der Waals surface area contributed by atoms with Crippen molar-refractivity contribution in [1.82, 2.24) is 0 Å². The zero-order valence-corrected chi connectivity index (χ0v) is 27.8. The summed E-state index contributed by atoms with van der Waals surface area (Å²) >= 11 is 0. The maximum Gasteiger partial charge on any atom is 0.0425 e. The smallest absolute Gasteiger partial charge is 0.0425 e. The molecule has 2 aromatic rings. The molecule has 0 unspecified atom stereocenters. The molecule has 0 amide bonds. The minimum Gasteiger partial charge on any atom is -0.272 e. The van der Waals surface area contributed by atoms with Gasteiger partial charge in [-0.3, -0.25) is 4.74 Å². The third-order valence-electron chi connectivity index (χ3n) is 6.75. The van der Waals surface area contributed by atoms with E-state index in [1.54, 1.807) is 0 Å². The number of benzene rings is 2. The van der Waals surface area contributed by atoms with Gasteiger partial charge in [-0.05, 0) is 79.8 Å². The molecule has 1 aliphatic rings. The van der Waals surface area contributed by atoms with Crippen LogP contribution in [-0.4, -0.2) is 18.5 Å². The molecule has 0 aromatic heterocycles. The molecule has 0 atom stereocenters. The van der Waals surface area contributed by atoms with E-state index in [0.717, 1.165) is 24.2 Å². The fourth-order valence-corrected chi connectivity index (χ4v) is 8.88. The van der Waals surface area contributed by atoms with E-state index in [1.165, 1.54) is 54.6 Å². The van der Waals surface area contributed by atoms with Crippen LogP contribution in [0.2, 0.25) is 0 Å². The Kier molecular flexibility index (Phi) is 18.4. The summed E-state index contributed by atoms with van der Waals surface area (Å²) in [6.07, 6.45) is 24.2. The van der Waals surface area contributed by atoms with Gasteiger partial charge in [0.1, 0.15) is 0 Å². The van der Waals surface area contributed by atoms with Gasteiger partial charge in [-0.25, -0.2) is 0 Å². The van der Waals surface area contributed by atoms with E-state index in [9.17, 15) is 0 Å². The molecular weight excluding hydrogens is 525 g/mol. The van der Waals surface area contributed by atoms with Gasteiger partial charge < -0.3 is 0 Å². The predicted octanol–water partition coefficient (Wildman–Crippen LogP) is 11.6. The first-order chi connectivity index (χ1) is 18.3. The van der Waals surface area contributed by atoms with Crippen LogP contribution in [0, 0.1) is 17.8 Å². The molecule has 0 fully saturated rings. The van der Waals surface area contributed by atoms with Gasteiger partial charge in [0, 0.05) is 33.8 Å². The quantitative estimate of drug-likeness (QED) is 0.128. The second-order valence-electron chi connectivity index (χ2n) is 11.7. The van der Waals surface area contributed by atoms with Gasteiger partial charge in [0.05, 0.1) is 0 Å². The Balaban J connectivity index is 0.000000396. The normalized spacial score (nSPS) is 13.2. The van der Waals surface area contributed by atoms with Gasteiger partial charge in [-0.2, -0.15) is 0 Å². The fraction of sp³-hybridized carbons (Fsp3) is 0.444. The van der Waals surface area contributed by atoms with Crippen molar-refractivity contribution in [1.29, 1.82) is 0 Å². The molecule has 0 aliphatic heterocycles. The van der Waals surface area contributed by atoms with Gasteiger partial charge >= 0.3 is 0 Å².